The minimum absolute atomic E-state index is 0.0232. The first kappa shape index (κ1) is 14.3. The van der Waals surface area contributed by atoms with Crippen molar-refractivity contribution in [1.29, 1.82) is 0 Å². The Hall–Kier alpha value is -1.75. The Labute approximate surface area is 106 Å². The first-order valence-corrected chi connectivity index (χ1v) is 5.81. The lowest BCUT2D eigenvalue weighted by molar-refractivity contribution is -0.137. The number of aliphatic hydroxyl groups excluding tert-OH is 1. The van der Waals surface area contributed by atoms with Gasteiger partial charge in [-0.2, -0.15) is 0 Å². The average Bonchev–Trinajstić information content (AvgIpc) is 2.32. The number of ether oxygens (including phenoxy) is 3. The van der Waals surface area contributed by atoms with E-state index in [4.69, 9.17) is 19.3 Å². The molecule has 0 heterocycles. The van der Waals surface area contributed by atoms with E-state index in [1.165, 1.54) is 0 Å². The number of carbonyl (C=O) groups is 1. The summed E-state index contributed by atoms with van der Waals surface area (Å²) in [5, 5.41) is 8.61. The topological polar surface area (TPSA) is 65.0 Å². The van der Waals surface area contributed by atoms with Gasteiger partial charge in [0.2, 0.25) is 0 Å². The number of aliphatic hydroxyl groups is 1. The highest BCUT2D eigenvalue weighted by atomic mass is 16.6. The highest BCUT2D eigenvalue weighted by Gasteiger charge is 2.10. The molecule has 1 aromatic carbocycles. The predicted molar refractivity (Wildman–Crippen MR) is 66.1 cm³/mol. The molecule has 0 saturated carbocycles. The fourth-order valence-corrected chi connectivity index (χ4v) is 1.34. The molecule has 0 aliphatic heterocycles. The van der Waals surface area contributed by atoms with Gasteiger partial charge in [-0.3, -0.25) is 0 Å². The third-order valence-corrected chi connectivity index (χ3v) is 1.94. The normalized spacial score (nSPS) is 10.3. The van der Waals surface area contributed by atoms with Crippen LogP contribution < -0.4 is 14.2 Å². The molecule has 1 rings (SSSR count). The van der Waals surface area contributed by atoms with Gasteiger partial charge < -0.3 is 19.3 Å². The average molecular weight is 254 g/mol. The zero-order valence-corrected chi connectivity index (χ0v) is 10.8. The second-order valence-corrected chi connectivity index (χ2v) is 3.84. The Morgan fingerprint density at radius 2 is 2.06 bits per heavy atom. The third-order valence-electron chi connectivity index (χ3n) is 1.94. The molecule has 0 saturated heterocycles. The minimum Gasteiger partial charge on any atom is -0.490 e. The van der Waals surface area contributed by atoms with Crippen molar-refractivity contribution in [2.75, 3.05) is 13.2 Å². The fourth-order valence-electron chi connectivity index (χ4n) is 1.34. The van der Waals surface area contributed by atoms with E-state index in [1.807, 2.05) is 20.8 Å². The van der Waals surface area contributed by atoms with Gasteiger partial charge in [-0.05, 0) is 32.9 Å². The molecule has 5 nitrogen and oxygen atoms in total. The molecule has 5 heteroatoms. The lowest BCUT2D eigenvalue weighted by Crippen LogP contribution is -2.12. The second-order valence-electron chi connectivity index (χ2n) is 3.84. The molecular formula is C13H18O5. The number of benzene rings is 1. The summed E-state index contributed by atoms with van der Waals surface area (Å²) in [5.74, 6) is 0.702. The summed E-state index contributed by atoms with van der Waals surface area (Å²) in [5.41, 5.74) is 0. The van der Waals surface area contributed by atoms with Crippen molar-refractivity contribution in [3.63, 3.8) is 0 Å². The Morgan fingerprint density at radius 3 is 2.61 bits per heavy atom. The van der Waals surface area contributed by atoms with E-state index in [2.05, 4.69) is 0 Å². The summed E-state index contributed by atoms with van der Waals surface area (Å²) in [7, 11) is 0. The lowest BCUT2D eigenvalue weighted by atomic mass is 10.3. The highest BCUT2D eigenvalue weighted by molar-refractivity contribution is 5.73. The largest absolute Gasteiger partial charge is 0.490 e. The minimum atomic E-state index is -0.713. The fraction of sp³-hybridized carbons (Fsp3) is 0.462. The molecular weight excluding hydrogens is 236 g/mol. The molecule has 0 aliphatic rings. The third kappa shape index (κ3) is 4.25. The van der Waals surface area contributed by atoms with Crippen LogP contribution in [0.1, 0.15) is 20.8 Å². The Bertz CT molecular complexity index is 400. The quantitative estimate of drug-likeness (QED) is 0.619. The predicted octanol–water partition coefficient (Wildman–Crippen LogP) is 1.77. The maximum atomic E-state index is 11.0. The second kappa shape index (κ2) is 6.86. The zero-order valence-electron chi connectivity index (χ0n) is 10.8. The van der Waals surface area contributed by atoms with E-state index in [1.54, 1.807) is 18.2 Å². The maximum Gasteiger partial charge on any atom is 0.337 e. The molecule has 0 unspecified atom stereocenters. The number of hydrogen-bond donors (Lipinski definition) is 1. The van der Waals surface area contributed by atoms with Crippen LogP contribution >= 0.6 is 0 Å². The molecule has 1 N–H and O–H groups in total. The van der Waals surface area contributed by atoms with E-state index in [9.17, 15) is 4.79 Å². The number of hydrogen-bond acceptors (Lipinski definition) is 5. The first-order valence-electron chi connectivity index (χ1n) is 5.81. The van der Waals surface area contributed by atoms with Gasteiger partial charge in [0.05, 0.1) is 12.7 Å². The van der Waals surface area contributed by atoms with Gasteiger partial charge in [0.15, 0.2) is 11.5 Å². The monoisotopic (exact) mass is 254 g/mol. The number of esters is 1. The van der Waals surface area contributed by atoms with Gasteiger partial charge in [0, 0.05) is 6.07 Å². The van der Waals surface area contributed by atoms with Crippen LogP contribution in [-0.4, -0.2) is 30.4 Å². The lowest BCUT2D eigenvalue weighted by Gasteiger charge is -2.15. The Balaban J connectivity index is 2.91. The van der Waals surface area contributed by atoms with Gasteiger partial charge in [0.1, 0.15) is 12.4 Å². The van der Waals surface area contributed by atoms with Crippen LogP contribution in [0.15, 0.2) is 18.2 Å². The summed E-state index contributed by atoms with van der Waals surface area (Å²) in [6.07, 6.45) is 0.0232. The molecule has 100 valence electrons. The zero-order chi connectivity index (χ0) is 13.5. The van der Waals surface area contributed by atoms with Crippen molar-refractivity contribution in [3.05, 3.63) is 18.2 Å². The molecule has 0 spiro atoms. The Morgan fingerprint density at radius 1 is 1.33 bits per heavy atom. The highest BCUT2D eigenvalue weighted by Crippen LogP contribution is 2.32. The van der Waals surface area contributed by atoms with Crippen LogP contribution in [0.3, 0.4) is 0 Å². The van der Waals surface area contributed by atoms with Gasteiger partial charge >= 0.3 is 5.97 Å². The molecule has 0 fully saturated rings. The molecule has 0 bridgehead atoms. The van der Waals surface area contributed by atoms with Gasteiger partial charge in [-0.15, -0.1) is 0 Å². The van der Waals surface area contributed by atoms with Crippen molar-refractivity contribution < 1.29 is 24.1 Å². The first-order chi connectivity index (χ1) is 8.56. The van der Waals surface area contributed by atoms with Gasteiger partial charge in [-0.25, -0.2) is 4.79 Å². The molecule has 0 atom stereocenters. The standard InChI is InChI=1S/C13H18O5/c1-4-16-12-7-10(18-13(15)8-14)5-6-11(12)17-9(2)3/h5-7,9,14H,4,8H2,1-3H3. The molecule has 1 aromatic rings. The van der Waals surface area contributed by atoms with E-state index in [0.717, 1.165) is 0 Å². The van der Waals surface area contributed by atoms with Crippen LogP contribution in [-0.2, 0) is 4.79 Å². The van der Waals surface area contributed by atoms with Crippen molar-refractivity contribution in [3.8, 4) is 17.2 Å². The van der Waals surface area contributed by atoms with E-state index in [-0.39, 0.29) is 6.10 Å². The van der Waals surface area contributed by atoms with Gasteiger partial charge in [0.25, 0.3) is 0 Å². The van der Waals surface area contributed by atoms with Crippen LogP contribution in [0.25, 0.3) is 0 Å². The summed E-state index contributed by atoms with van der Waals surface area (Å²) in [6, 6.07) is 4.83. The van der Waals surface area contributed by atoms with Crippen LogP contribution in [0.2, 0.25) is 0 Å². The smallest absolute Gasteiger partial charge is 0.337 e. The Kier molecular flexibility index (Phi) is 5.45. The summed E-state index contributed by atoms with van der Waals surface area (Å²) in [4.78, 5) is 11.0. The number of rotatable bonds is 6. The molecule has 0 radical (unpaired) electrons. The number of carbonyl (C=O) groups excluding carboxylic acids is 1. The van der Waals surface area contributed by atoms with Gasteiger partial charge in [-0.1, -0.05) is 0 Å². The summed E-state index contributed by atoms with van der Waals surface area (Å²) >= 11 is 0. The maximum absolute atomic E-state index is 11.0. The van der Waals surface area contributed by atoms with Crippen molar-refractivity contribution in [2.24, 2.45) is 0 Å². The van der Waals surface area contributed by atoms with E-state index >= 15 is 0 Å². The van der Waals surface area contributed by atoms with Crippen molar-refractivity contribution in [2.45, 2.75) is 26.9 Å². The molecule has 0 aromatic heterocycles. The molecule has 0 aliphatic carbocycles. The molecule has 0 amide bonds. The van der Waals surface area contributed by atoms with E-state index < -0.39 is 12.6 Å². The van der Waals surface area contributed by atoms with Crippen LogP contribution in [0, 0.1) is 0 Å². The SMILES string of the molecule is CCOc1cc(OC(=O)CO)ccc1OC(C)C. The van der Waals surface area contributed by atoms with E-state index in [0.29, 0.717) is 23.9 Å². The van der Waals surface area contributed by atoms with Crippen LogP contribution in [0.4, 0.5) is 0 Å². The van der Waals surface area contributed by atoms with Crippen LogP contribution in [0.5, 0.6) is 17.2 Å². The van der Waals surface area contributed by atoms with Crippen molar-refractivity contribution >= 4 is 5.97 Å². The van der Waals surface area contributed by atoms with Crippen molar-refractivity contribution in [1.82, 2.24) is 0 Å². The summed E-state index contributed by atoms with van der Waals surface area (Å²) < 4.78 is 15.9. The summed E-state index contributed by atoms with van der Waals surface area (Å²) in [6.45, 7) is 5.50. The molecule has 18 heavy (non-hydrogen) atoms.